The van der Waals surface area contributed by atoms with Crippen LogP contribution in [0, 0.1) is 21.7 Å². The molecule has 0 fully saturated rings. The average Bonchev–Trinajstić information content (AvgIpc) is 2.67. The second kappa shape index (κ2) is 8.66. The highest BCUT2D eigenvalue weighted by Crippen LogP contribution is 2.19. The predicted octanol–water partition coefficient (Wildman–Crippen LogP) is 2.46. The Balaban J connectivity index is 2.10. The Labute approximate surface area is 156 Å². The normalized spacial score (nSPS) is 10.1. The topological polar surface area (TPSA) is 125 Å². The Morgan fingerprint density at radius 3 is 2.32 bits per heavy atom. The molecule has 0 aliphatic carbocycles. The van der Waals surface area contributed by atoms with E-state index in [9.17, 15) is 33.3 Å². The maximum Gasteiger partial charge on any atom is 0.338 e. The molecule has 9 nitrogen and oxygen atoms in total. The van der Waals surface area contributed by atoms with Gasteiger partial charge < -0.3 is 14.8 Å². The van der Waals surface area contributed by atoms with Gasteiger partial charge in [-0.2, -0.15) is 0 Å². The van der Waals surface area contributed by atoms with Crippen molar-refractivity contribution in [3.63, 3.8) is 0 Å². The third kappa shape index (κ3) is 5.06. The van der Waals surface area contributed by atoms with Crippen LogP contribution in [-0.2, 0) is 14.3 Å². The number of halogens is 2. The van der Waals surface area contributed by atoms with E-state index in [1.54, 1.807) is 0 Å². The molecule has 2 aromatic rings. The molecule has 11 heteroatoms. The highest BCUT2D eigenvalue weighted by atomic mass is 19.1. The van der Waals surface area contributed by atoms with Gasteiger partial charge in [-0.05, 0) is 18.2 Å². The van der Waals surface area contributed by atoms with Crippen molar-refractivity contribution in [1.82, 2.24) is 0 Å². The van der Waals surface area contributed by atoms with Crippen molar-refractivity contribution < 1.29 is 37.6 Å². The molecule has 1 N–H and O–H groups in total. The number of ether oxygens (including phenoxy) is 2. The number of non-ortho nitro benzene ring substituents is 1. The number of carbonyl (C=O) groups is 3. The number of methoxy groups -OCH3 is 1. The molecule has 2 rings (SSSR count). The van der Waals surface area contributed by atoms with Gasteiger partial charge in [-0.1, -0.05) is 0 Å². The van der Waals surface area contributed by atoms with Gasteiger partial charge in [0.15, 0.2) is 6.61 Å². The van der Waals surface area contributed by atoms with E-state index in [4.69, 9.17) is 4.74 Å². The number of benzene rings is 2. The largest absolute Gasteiger partial charge is 0.465 e. The first kappa shape index (κ1) is 20.4. The number of carbonyl (C=O) groups excluding carboxylic acids is 3. The molecule has 1 amide bonds. The minimum atomic E-state index is -1.15. The number of hydrogen-bond donors (Lipinski definition) is 1. The average molecular weight is 394 g/mol. The Hall–Kier alpha value is -3.89. The van der Waals surface area contributed by atoms with Crippen LogP contribution in [0.2, 0.25) is 0 Å². The van der Waals surface area contributed by atoms with Crippen LogP contribution < -0.4 is 5.32 Å². The van der Waals surface area contributed by atoms with Gasteiger partial charge in [0.1, 0.15) is 11.6 Å². The van der Waals surface area contributed by atoms with Gasteiger partial charge in [0, 0.05) is 18.2 Å². The molecule has 0 aliphatic heterocycles. The van der Waals surface area contributed by atoms with Crippen LogP contribution in [0.5, 0.6) is 0 Å². The number of nitrogens with one attached hydrogen (secondary N) is 1. The monoisotopic (exact) mass is 394 g/mol. The SMILES string of the molecule is COC(=O)c1cc(C(=O)OCC(=O)Nc2cc(F)ccc2F)cc([N+](=O)[O-])c1. The zero-order valence-electron chi connectivity index (χ0n) is 14.2. The van der Waals surface area contributed by atoms with Crippen molar-refractivity contribution >= 4 is 29.2 Å². The molecule has 0 bridgehead atoms. The maximum absolute atomic E-state index is 13.5. The fourth-order valence-corrected chi connectivity index (χ4v) is 2.06. The molecule has 0 aromatic heterocycles. The van der Waals surface area contributed by atoms with Gasteiger partial charge >= 0.3 is 11.9 Å². The maximum atomic E-state index is 13.5. The highest BCUT2D eigenvalue weighted by molar-refractivity contribution is 5.98. The third-order valence-electron chi connectivity index (χ3n) is 3.32. The molecule has 0 spiro atoms. The van der Waals surface area contributed by atoms with E-state index in [1.165, 1.54) is 0 Å². The van der Waals surface area contributed by atoms with Crippen molar-refractivity contribution in [2.75, 3.05) is 19.0 Å². The summed E-state index contributed by atoms with van der Waals surface area (Å²) in [4.78, 5) is 45.5. The molecule has 0 atom stereocenters. The van der Waals surface area contributed by atoms with Gasteiger partial charge in [0.05, 0.1) is 28.8 Å². The van der Waals surface area contributed by atoms with Crippen molar-refractivity contribution in [1.29, 1.82) is 0 Å². The summed E-state index contributed by atoms with van der Waals surface area (Å²) in [6.07, 6.45) is 0. The van der Waals surface area contributed by atoms with Gasteiger partial charge in [0.25, 0.3) is 11.6 Å². The molecule has 0 heterocycles. The summed E-state index contributed by atoms with van der Waals surface area (Å²) >= 11 is 0. The van der Waals surface area contributed by atoms with Crippen molar-refractivity contribution in [2.45, 2.75) is 0 Å². The van der Waals surface area contributed by atoms with E-state index in [2.05, 4.69) is 4.74 Å². The Bertz CT molecular complexity index is 963. The first-order chi connectivity index (χ1) is 13.2. The van der Waals surface area contributed by atoms with Gasteiger partial charge in [0.2, 0.25) is 0 Å². The van der Waals surface area contributed by atoms with Crippen molar-refractivity contribution in [2.24, 2.45) is 0 Å². The van der Waals surface area contributed by atoms with Crippen LogP contribution in [0.3, 0.4) is 0 Å². The first-order valence-corrected chi connectivity index (χ1v) is 7.51. The first-order valence-electron chi connectivity index (χ1n) is 7.51. The molecular formula is C17H12F2N2O7. The standard InChI is InChI=1S/C17H12F2N2O7/c1-27-16(23)9-4-10(6-12(5-9)21(25)26)17(24)28-8-15(22)20-14-7-11(18)2-3-13(14)19/h2-7H,8H2,1H3,(H,20,22). The number of amides is 1. The van der Waals surface area contributed by atoms with Gasteiger partial charge in [-0.25, -0.2) is 18.4 Å². The molecule has 146 valence electrons. The molecular weight excluding hydrogens is 382 g/mol. The van der Waals surface area contributed by atoms with Crippen LogP contribution >= 0.6 is 0 Å². The Morgan fingerprint density at radius 1 is 1.07 bits per heavy atom. The summed E-state index contributed by atoms with van der Waals surface area (Å²) in [6.45, 7) is -0.884. The quantitative estimate of drug-likeness (QED) is 0.453. The summed E-state index contributed by atoms with van der Waals surface area (Å²) in [5.41, 5.74) is -1.67. The Morgan fingerprint density at radius 2 is 1.71 bits per heavy atom. The van der Waals surface area contributed by atoms with E-state index in [0.717, 1.165) is 43.5 Å². The van der Waals surface area contributed by atoms with Crippen molar-refractivity contribution in [3.8, 4) is 0 Å². The minimum Gasteiger partial charge on any atom is -0.465 e. The lowest BCUT2D eigenvalue weighted by molar-refractivity contribution is -0.384. The van der Waals surface area contributed by atoms with E-state index in [1.807, 2.05) is 5.32 Å². The molecule has 0 saturated carbocycles. The second-order valence-electron chi connectivity index (χ2n) is 5.27. The lowest BCUT2D eigenvalue weighted by atomic mass is 10.1. The van der Waals surface area contributed by atoms with E-state index >= 15 is 0 Å². The lowest BCUT2D eigenvalue weighted by Gasteiger charge is -2.08. The zero-order valence-corrected chi connectivity index (χ0v) is 14.2. The third-order valence-corrected chi connectivity index (χ3v) is 3.32. The van der Waals surface area contributed by atoms with Crippen LogP contribution in [0.1, 0.15) is 20.7 Å². The fourth-order valence-electron chi connectivity index (χ4n) is 2.06. The van der Waals surface area contributed by atoms with Gasteiger partial charge in [-0.3, -0.25) is 14.9 Å². The smallest absolute Gasteiger partial charge is 0.338 e. The number of nitrogens with zero attached hydrogens (tertiary/aromatic N) is 1. The number of esters is 2. The van der Waals surface area contributed by atoms with Crippen molar-refractivity contribution in [3.05, 3.63) is 69.3 Å². The summed E-state index contributed by atoms with van der Waals surface area (Å²) in [7, 11) is 1.05. The van der Waals surface area contributed by atoms with Crippen LogP contribution in [0.4, 0.5) is 20.2 Å². The zero-order chi connectivity index (χ0) is 20.8. The van der Waals surface area contributed by atoms with Gasteiger partial charge in [-0.15, -0.1) is 0 Å². The summed E-state index contributed by atoms with van der Waals surface area (Å²) < 4.78 is 35.7. The minimum absolute atomic E-state index is 0.269. The lowest BCUT2D eigenvalue weighted by Crippen LogP contribution is -2.21. The molecule has 0 saturated heterocycles. The van der Waals surface area contributed by atoms with Crippen LogP contribution in [0.15, 0.2) is 36.4 Å². The summed E-state index contributed by atoms with van der Waals surface area (Å²) in [5.74, 6) is -4.74. The summed E-state index contributed by atoms with van der Waals surface area (Å²) in [6, 6.07) is 5.13. The van der Waals surface area contributed by atoms with E-state index < -0.39 is 52.4 Å². The second-order valence-corrected chi connectivity index (χ2v) is 5.27. The molecule has 0 radical (unpaired) electrons. The summed E-state index contributed by atoms with van der Waals surface area (Å²) in [5, 5.41) is 13.0. The fraction of sp³-hybridized carbons (Fsp3) is 0.118. The molecule has 0 unspecified atom stereocenters. The Kier molecular flexibility index (Phi) is 6.32. The number of nitro groups is 1. The van der Waals surface area contributed by atoms with Crippen LogP contribution in [0.25, 0.3) is 0 Å². The van der Waals surface area contributed by atoms with Crippen LogP contribution in [-0.4, -0.2) is 36.5 Å². The molecule has 0 aliphatic rings. The number of rotatable bonds is 6. The number of nitro benzene ring substituents is 1. The van der Waals surface area contributed by atoms with E-state index in [-0.39, 0.29) is 11.1 Å². The number of hydrogen-bond acceptors (Lipinski definition) is 7. The highest BCUT2D eigenvalue weighted by Gasteiger charge is 2.20. The predicted molar refractivity (Wildman–Crippen MR) is 89.7 cm³/mol. The van der Waals surface area contributed by atoms with E-state index in [0.29, 0.717) is 0 Å². The number of anilines is 1. The molecule has 2 aromatic carbocycles. The molecule has 28 heavy (non-hydrogen) atoms.